The first-order valence-corrected chi connectivity index (χ1v) is 5.88. The van der Waals surface area contributed by atoms with Crippen molar-refractivity contribution in [2.75, 3.05) is 6.61 Å². The molecular formula is C12H22O3. The lowest BCUT2D eigenvalue weighted by Crippen LogP contribution is -2.16. The average Bonchev–Trinajstić information content (AvgIpc) is 2.60. The molecule has 1 rings (SSSR count). The van der Waals surface area contributed by atoms with Crippen LogP contribution in [-0.4, -0.2) is 24.8 Å². The molecule has 3 heteroatoms. The lowest BCUT2D eigenvalue weighted by molar-refractivity contribution is -0.141. The van der Waals surface area contributed by atoms with Gasteiger partial charge in [-0.25, -0.2) is 0 Å². The van der Waals surface area contributed by atoms with Crippen LogP contribution >= 0.6 is 0 Å². The molecule has 2 atom stereocenters. The molecule has 0 saturated carbocycles. The first-order valence-electron chi connectivity index (χ1n) is 5.88. The van der Waals surface area contributed by atoms with Crippen molar-refractivity contribution >= 4 is 5.97 Å². The second-order valence-corrected chi connectivity index (χ2v) is 4.60. The smallest absolute Gasteiger partial charge is 0.302 e. The van der Waals surface area contributed by atoms with E-state index in [2.05, 4.69) is 13.8 Å². The molecule has 0 aromatic heterocycles. The standard InChI is InChI=1S/C12H22O3/c1-9(2)12-7-6-11(15-12)5-4-8-14-10(3)13/h9,11-12H,4-8H2,1-3H3. The van der Waals surface area contributed by atoms with Gasteiger partial charge in [-0.15, -0.1) is 0 Å². The molecule has 0 aromatic rings. The van der Waals surface area contributed by atoms with Gasteiger partial charge in [0.25, 0.3) is 0 Å². The maximum absolute atomic E-state index is 10.5. The van der Waals surface area contributed by atoms with Gasteiger partial charge >= 0.3 is 5.97 Å². The third-order valence-electron chi connectivity index (χ3n) is 2.86. The molecule has 1 aliphatic heterocycles. The van der Waals surface area contributed by atoms with E-state index in [1.807, 2.05) is 0 Å². The number of rotatable bonds is 5. The molecular weight excluding hydrogens is 192 g/mol. The van der Waals surface area contributed by atoms with E-state index in [0.717, 1.165) is 19.3 Å². The molecule has 0 aromatic carbocycles. The highest BCUT2D eigenvalue weighted by atomic mass is 16.5. The van der Waals surface area contributed by atoms with Crippen molar-refractivity contribution in [3.63, 3.8) is 0 Å². The Morgan fingerprint density at radius 2 is 2.20 bits per heavy atom. The van der Waals surface area contributed by atoms with Gasteiger partial charge in [0.15, 0.2) is 0 Å². The van der Waals surface area contributed by atoms with Gasteiger partial charge in [0.1, 0.15) is 0 Å². The molecule has 2 unspecified atom stereocenters. The first kappa shape index (κ1) is 12.5. The molecule has 0 bridgehead atoms. The third kappa shape index (κ3) is 4.65. The van der Waals surface area contributed by atoms with Crippen molar-refractivity contribution in [1.82, 2.24) is 0 Å². The minimum Gasteiger partial charge on any atom is -0.466 e. The van der Waals surface area contributed by atoms with Gasteiger partial charge in [-0.3, -0.25) is 4.79 Å². The summed E-state index contributed by atoms with van der Waals surface area (Å²) in [7, 11) is 0. The second kappa shape index (κ2) is 6.11. The summed E-state index contributed by atoms with van der Waals surface area (Å²) in [5.74, 6) is 0.422. The zero-order valence-corrected chi connectivity index (χ0v) is 9.99. The number of hydrogen-bond donors (Lipinski definition) is 0. The van der Waals surface area contributed by atoms with Gasteiger partial charge in [-0.2, -0.15) is 0 Å². The van der Waals surface area contributed by atoms with Crippen LogP contribution in [0.2, 0.25) is 0 Å². The number of carbonyl (C=O) groups excluding carboxylic acids is 1. The van der Waals surface area contributed by atoms with Crippen LogP contribution < -0.4 is 0 Å². The fourth-order valence-electron chi connectivity index (χ4n) is 1.96. The summed E-state index contributed by atoms with van der Waals surface area (Å²) >= 11 is 0. The van der Waals surface area contributed by atoms with Crippen molar-refractivity contribution in [1.29, 1.82) is 0 Å². The monoisotopic (exact) mass is 214 g/mol. The summed E-state index contributed by atoms with van der Waals surface area (Å²) in [6.07, 6.45) is 5.07. The van der Waals surface area contributed by atoms with E-state index in [0.29, 0.717) is 24.7 Å². The molecule has 0 amide bonds. The molecule has 0 aliphatic carbocycles. The quantitative estimate of drug-likeness (QED) is 0.521. The molecule has 1 aliphatic rings. The largest absolute Gasteiger partial charge is 0.466 e. The highest BCUT2D eigenvalue weighted by Gasteiger charge is 2.26. The summed E-state index contributed by atoms with van der Waals surface area (Å²) < 4.78 is 10.8. The average molecular weight is 214 g/mol. The topological polar surface area (TPSA) is 35.5 Å². The zero-order valence-electron chi connectivity index (χ0n) is 9.99. The first-order chi connectivity index (χ1) is 7.09. The Bertz CT molecular complexity index is 201. The summed E-state index contributed by atoms with van der Waals surface area (Å²) in [6.45, 7) is 6.38. The van der Waals surface area contributed by atoms with Gasteiger partial charge in [0, 0.05) is 6.92 Å². The highest BCUT2D eigenvalue weighted by Crippen LogP contribution is 2.27. The van der Waals surface area contributed by atoms with Gasteiger partial charge in [-0.05, 0) is 31.6 Å². The van der Waals surface area contributed by atoms with Gasteiger partial charge < -0.3 is 9.47 Å². The predicted molar refractivity (Wildman–Crippen MR) is 58.6 cm³/mol. The van der Waals surface area contributed by atoms with Crippen molar-refractivity contribution in [3.8, 4) is 0 Å². The lowest BCUT2D eigenvalue weighted by Gasteiger charge is -2.16. The normalized spacial score (nSPS) is 25.9. The van der Waals surface area contributed by atoms with E-state index in [1.54, 1.807) is 0 Å². The van der Waals surface area contributed by atoms with Crippen LogP contribution in [-0.2, 0) is 14.3 Å². The van der Waals surface area contributed by atoms with Gasteiger partial charge in [-0.1, -0.05) is 13.8 Å². The van der Waals surface area contributed by atoms with E-state index in [-0.39, 0.29) is 5.97 Å². The van der Waals surface area contributed by atoms with Crippen molar-refractivity contribution in [2.45, 2.75) is 58.7 Å². The SMILES string of the molecule is CC(=O)OCCCC1CCC(C(C)C)O1. The molecule has 1 heterocycles. The Kier molecular flexibility index (Phi) is 5.09. The van der Waals surface area contributed by atoms with Crippen LogP contribution in [0.1, 0.15) is 46.5 Å². The Morgan fingerprint density at radius 3 is 2.73 bits per heavy atom. The number of hydrogen-bond acceptors (Lipinski definition) is 3. The van der Waals surface area contributed by atoms with E-state index >= 15 is 0 Å². The molecule has 1 saturated heterocycles. The van der Waals surface area contributed by atoms with Crippen LogP contribution in [0.3, 0.4) is 0 Å². The Labute approximate surface area is 92.1 Å². The van der Waals surface area contributed by atoms with Crippen LogP contribution in [0.5, 0.6) is 0 Å². The summed E-state index contributed by atoms with van der Waals surface area (Å²) in [6, 6.07) is 0. The van der Waals surface area contributed by atoms with Crippen LogP contribution in [0.25, 0.3) is 0 Å². The zero-order chi connectivity index (χ0) is 11.3. The van der Waals surface area contributed by atoms with Crippen LogP contribution in [0.15, 0.2) is 0 Å². The summed E-state index contributed by atoms with van der Waals surface area (Å²) in [5.41, 5.74) is 0. The Morgan fingerprint density at radius 1 is 1.47 bits per heavy atom. The summed E-state index contributed by atoms with van der Waals surface area (Å²) in [5, 5.41) is 0. The third-order valence-corrected chi connectivity index (χ3v) is 2.86. The minimum absolute atomic E-state index is 0.192. The van der Waals surface area contributed by atoms with Crippen molar-refractivity contribution in [3.05, 3.63) is 0 Å². The van der Waals surface area contributed by atoms with Crippen LogP contribution in [0, 0.1) is 5.92 Å². The molecule has 0 spiro atoms. The number of carbonyl (C=O) groups is 1. The maximum Gasteiger partial charge on any atom is 0.302 e. The van der Waals surface area contributed by atoms with Crippen molar-refractivity contribution < 1.29 is 14.3 Å². The fraction of sp³-hybridized carbons (Fsp3) is 0.917. The number of esters is 1. The maximum atomic E-state index is 10.5. The Balaban J connectivity index is 2.06. The molecule has 88 valence electrons. The van der Waals surface area contributed by atoms with E-state index < -0.39 is 0 Å². The van der Waals surface area contributed by atoms with Gasteiger partial charge in [0.2, 0.25) is 0 Å². The Hall–Kier alpha value is -0.570. The van der Waals surface area contributed by atoms with Crippen molar-refractivity contribution in [2.24, 2.45) is 5.92 Å². The summed E-state index contributed by atoms with van der Waals surface area (Å²) in [4.78, 5) is 10.5. The highest BCUT2D eigenvalue weighted by molar-refractivity contribution is 5.65. The molecule has 0 radical (unpaired) electrons. The number of ether oxygens (including phenoxy) is 2. The fourth-order valence-corrected chi connectivity index (χ4v) is 1.96. The predicted octanol–water partition coefficient (Wildman–Crippen LogP) is 2.53. The molecule has 1 fully saturated rings. The van der Waals surface area contributed by atoms with Crippen LogP contribution in [0.4, 0.5) is 0 Å². The molecule has 3 nitrogen and oxygen atoms in total. The molecule has 0 N–H and O–H groups in total. The molecule has 15 heavy (non-hydrogen) atoms. The van der Waals surface area contributed by atoms with E-state index in [4.69, 9.17) is 9.47 Å². The van der Waals surface area contributed by atoms with E-state index in [1.165, 1.54) is 13.3 Å². The van der Waals surface area contributed by atoms with E-state index in [9.17, 15) is 4.79 Å². The van der Waals surface area contributed by atoms with Gasteiger partial charge in [0.05, 0.1) is 18.8 Å². The minimum atomic E-state index is -0.192. The second-order valence-electron chi connectivity index (χ2n) is 4.60. The lowest BCUT2D eigenvalue weighted by atomic mass is 10.0.